The zero-order valence-corrected chi connectivity index (χ0v) is 20.7. The predicted molar refractivity (Wildman–Crippen MR) is 131 cm³/mol. The van der Waals surface area contributed by atoms with Crippen molar-refractivity contribution in [2.24, 2.45) is 23.5 Å². The maximum absolute atomic E-state index is 13.6. The molecule has 0 bridgehead atoms. The molecule has 0 aliphatic heterocycles. The summed E-state index contributed by atoms with van der Waals surface area (Å²) >= 11 is 0. The van der Waals surface area contributed by atoms with Gasteiger partial charge in [0, 0.05) is 31.3 Å². The number of Topliss-reactive ketones (excluding diaryl/α,β-unsaturated/α-hetero) is 2. The Morgan fingerprint density at radius 3 is 2.44 bits per heavy atom. The van der Waals surface area contributed by atoms with Crippen molar-refractivity contribution < 1.29 is 34.8 Å². The van der Waals surface area contributed by atoms with Crippen molar-refractivity contribution in [2.45, 2.75) is 31.0 Å². The lowest BCUT2D eigenvalue weighted by molar-refractivity contribution is -0.174. The van der Waals surface area contributed by atoms with Crippen molar-refractivity contribution in [2.75, 3.05) is 39.6 Å². The van der Waals surface area contributed by atoms with E-state index in [9.17, 15) is 34.8 Å². The standard InChI is InChI=1S/C26H31N3O7/c1-28(2)7-5-6-12-10-16(29(3)4)15-9-13-8-14-11-17(30)20(25(27)35)24(34)26(14,36)23(33)18(13)22(32)19(15)21(12)31/h10,13-14,17,20,30-32,36H,7-9,11H2,1-4H3,(H2,27,35)/t13-,14+,17?,20?,26+/m1/s1. The molecule has 0 aromatic heterocycles. The van der Waals surface area contributed by atoms with Crippen LogP contribution in [0.5, 0.6) is 5.75 Å². The molecule has 5 atom stereocenters. The highest BCUT2D eigenvalue weighted by Crippen LogP contribution is 2.53. The van der Waals surface area contributed by atoms with Crippen LogP contribution in [0.1, 0.15) is 29.5 Å². The Morgan fingerprint density at radius 2 is 1.86 bits per heavy atom. The first-order valence-corrected chi connectivity index (χ1v) is 11.7. The van der Waals surface area contributed by atoms with E-state index in [1.165, 1.54) is 0 Å². The Kier molecular flexibility index (Phi) is 6.37. The minimum Gasteiger partial charge on any atom is -0.507 e. The van der Waals surface area contributed by atoms with Crippen LogP contribution in [0.4, 0.5) is 5.69 Å². The Hall–Kier alpha value is -3.39. The van der Waals surface area contributed by atoms with Gasteiger partial charge in [0.1, 0.15) is 17.4 Å². The highest BCUT2D eigenvalue weighted by Gasteiger charge is 2.64. The minimum absolute atomic E-state index is 0.0340. The van der Waals surface area contributed by atoms with Crippen LogP contribution in [-0.2, 0) is 20.8 Å². The molecule has 192 valence electrons. The van der Waals surface area contributed by atoms with Crippen LogP contribution in [-0.4, -0.2) is 89.2 Å². The van der Waals surface area contributed by atoms with Gasteiger partial charge in [-0.05, 0) is 50.9 Å². The fourth-order valence-electron chi connectivity index (χ4n) is 5.76. The molecule has 0 saturated heterocycles. The number of carbonyl (C=O) groups is 3. The fourth-order valence-corrected chi connectivity index (χ4v) is 5.76. The molecule has 3 aliphatic rings. The molecular formula is C26H31N3O7. The second-order valence-electron chi connectivity index (χ2n) is 10.3. The van der Waals surface area contributed by atoms with Gasteiger partial charge in [0.2, 0.25) is 11.7 Å². The number of phenols is 1. The zero-order chi connectivity index (χ0) is 26.7. The van der Waals surface area contributed by atoms with Crippen LogP contribution in [0.15, 0.2) is 11.6 Å². The summed E-state index contributed by atoms with van der Waals surface area (Å²) < 4.78 is 0. The van der Waals surface area contributed by atoms with Gasteiger partial charge < -0.3 is 31.1 Å². The minimum atomic E-state index is -2.60. The molecule has 10 nitrogen and oxygen atoms in total. The lowest BCUT2D eigenvalue weighted by atomic mass is 9.56. The normalized spacial score (nSPS) is 29.2. The number of aliphatic hydroxyl groups excluding tert-OH is 2. The molecule has 1 aromatic carbocycles. The molecule has 1 aromatic rings. The number of hydrogen-bond donors (Lipinski definition) is 5. The van der Waals surface area contributed by atoms with E-state index in [4.69, 9.17) is 5.73 Å². The van der Waals surface area contributed by atoms with Gasteiger partial charge in [-0.15, -0.1) is 0 Å². The van der Waals surface area contributed by atoms with Gasteiger partial charge >= 0.3 is 0 Å². The number of amides is 1. The summed E-state index contributed by atoms with van der Waals surface area (Å²) in [5.41, 5.74) is 4.11. The van der Waals surface area contributed by atoms with E-state index in [1.54, 1.807) is 6.07 Å². The third kappa shape index (κ3) is 3.75. The summed E-state index contributed by atoms with van der Waals surface area (Å²) in [7, 11) is 7.32. The van der Waals surface area contributed by atoms with Crippen LogP contribution in [0, 0.1) is 29.6 Å². The van der Waals surface area contributed by atoms with Crippen LogP contribution in [0.2, 0.25) is 0 Å². The van der Waals surface area contributed by atoms with Crippen LogP contribution in [0.3, 0.4) is 0 Å². The number of phenolic OH excluding ortho intramolecular Hbond substituents is 1. The third-order valence-electron chi connectivity index (χ3n) is 7.46. The number of hydrogen-bond acceptors (Lipinski definition) is 9. The molecule has 10 heteroatoms. The number of nitrogens with zero attached hydrogens (tertiary/aromatic N) is 2. The Balaban J connectivity index is 1.89. The number of ketones is 2. The summed E-state index contributed by atoms with van der Waals surface area (Å²) in [5.74, 6) is -1.52. The number of anilines is 1. The molecule has 0 radical (unpaired) electrons. The molecular weight excluding hydrogens is 466 g/mol. The number of aromatic hydroxyl groups is 1. The monoisotopic (exact) mass is 497 g/mol. The number of primary amides is 1. The smallest absolute Gasteiger partial charge is 0.230 e. The predicted octanol–water partition coefficient (Wildman–Crippen LogP) is -0.432. The van der Waals surface area contributed by atoms with Crippen LogP contribution in [0.25, 0.3) is 5.76 Å². The summed E-state index contributed by atoms with van der Waals surface area (Å²) in [4.78, 5) is 42.2. The SMILES string of the molecule is CN(C)CC#Cc1cc(N(C)C)c2c(c1O)C(O)=C1C(=O)[C@]3(O)C(=O)C(C(N)=O)C(O)C[C@@H]3C[C@@H]1C2. The Morgan fingerprint density at radius 1 is 1.19 bits per heavy atom. The van der Waals surface area contributed by atoms with Crippen LogP contribution < -0.4 is 10.6 Å². The van der Waals surface area contributed by atoms with Crippen molar-refractivity contribution in [3.8, 4) is 17.6 Å². The molecule has 36 heavy (non-hydrogen) atoms. The quantitative estimate of drug-likeness (QED) is 0.275. The lowest BCUT2D eigenvalue weighted by Crippen LogP contribution is -2.66. The first-order valence-electron chi connectivity index (χ1n) is 11.7. The largest absolute Gasteiger partial charge is 0.507 e. The average Bonchev–Trinajstić information content (AvgIpc) is 2.77. The first-order chi connectivity index (χ1) is 16.8. The van der Waals surface area contributed by atoms with Crippen LogP contribution >= 0.6 is 0 Å². The molecule has 2 unspecified atom stereocenters. The molecule has 2 fully saturated rings. The molecule has 2 saturated carbocycles. The van der Waals surface area contributed by atoms with Gasteiger partial charge in [-0.3, -0.25) is 19.3 Å². The number of benzene rings is 1. The van der Waals surface area contributed by atoms with Gasteiger partial charge in [-0.25, -0.2) is 0 Å². The van der Waals surface area contributed by atoms with E-state index in [1.807, 2.05) is 38.0 Å². The lowest BCUT2D eigenvalue weighted by Gasteiger charge is -2.48. The molecule has 0 heterocycles. The van der Waals surface area contributed by atoms with E-state index in [0.29, 0.717) is 17.8 Å². The van der Waals surface area contributed by atoms with E-state index in [0.717, 1.165) is 0 Å². The molecule has 4 rings (SSSR count). The van der Waals surface area contributed by atoms with Gasteiger partial charge in [-0.2, -0.15) is 0 Å². The van der Waals surface area contributed by atoms with Gasteiger partial charge in [0.25, 0.3) is 0 Å². The maximum atomic E-state index is 13.6. The highest BCUT2D eigenvalue weighted by atomic mass is 16.3. The second kappa shape index (κ2) is 8.92. The zero-order valence-electron chi connectivity index (χ0n) is 20.7. The summed E-state index contributed by atoms with van der Waals surface area (Å²) in [6, 6.07) is 1.72. The number of nitrogens with two attached hydrogens (primary N) is 1. The van der Waals surface area contributed by atoms with Crippen molar-refractivity contribution >= 4 is 28.9 Å². The van der Waals surface area contributed by atoms with Gasteiger partial charge in [0.05, 0.1) is 23.8 Å². The average molecular weight is 498 g/mol. The fraction of sp³-hybridized carbons (Fsp3) is 0.500. The number of fused-ring (bicyclic) bond motifs is 3. The van der Waals surface area contributed by atoms with Crippen molar-refractivity contribution in [3.63, 3.8) is 0 Å². The molecule has 3 aliphatic carbocycles. The van der Waals surface area contributed by atoms with E-state index in [2.05, 4.69) is 11.8 Å². The summed E-state index contributed by atoms with van der Waals surface area (Å²) in [6.07, 6.45) is -1.20. The number of aliphatic hydroxyl groups is 3. The number of rotatable bonds is 3. The van der Waals surface area contributed by atoms with Gasteiger partial charge in [0.15, 0.2) is 11.4 Å². The third-order valence-corrected chi connectivity index (χ3v) is 7.46. The Bertz CT molecular complexity index is 1260. The van der Waals surface area contributed by atoms with Crippen molar-refractivity contribution in [3.05, 3.63) is 28.3 Å². The first kappa shape index (κ1) is 25.7. The number of carbonyl (C=O) groups excluding carboxylic acids is 3. The van der Waals surface area contributed by atoms with Crippen molar-refractivity contribution in [1.29, 1.82) is 0 Å². The van der Waals surface area contributed by atoms with E-state index in [-0.39, 0.29) is 41.7 Å². The summed E-state index contributed by atoms with van der Waals surface area (Å²) in [5, 5.41) is 44.1. The Labute approximate surface area is 209 Å². The van der Waals surface area contributed by atoms with Crippen molar-refractivity contribution in [1.82, 2.24) is 4.90 Å². The molecule has 1 amide bonds. The maximum Gasteiger partial charge on any atom is 0.230 e. The van der Waals surface area contributed by atoms with E-state index >= 15 is 0 Å². The summed E-state index contributed by atoms with van der Waals surface area (Å²) in [6.45, 7) is 0.435. The van der Waals surface area contributed by atoms with Gasteiger partial charge in [-0.1, -0.05) is 11.8 Å². The molecule has 0 spiro atoms. The highest BCUT2D eigenvalue weighted by molar-refractivity contribution is 6.24. The topological polar surface area (TPSA) is 165 Å². The van der Waals surface area contributed by atoms with E-state index < -0.39 is 52.7 Å². The molecule has 6 N–H and O–H groups in total. The second-order valence-corrected chi connectivity index (χ2v) is 10.3.